The second-order valence-corrected chi connectivity index (χ2v) is 4.42. The lowest BCUT2D eigenvalue weighted by atomic mass is 10.1. The van der Waals surface area contributed by atoms with Crippen molar-refractivity contribution in [3.63, 3.8) is 0 Å². The van der Waals surface area contributed by atoms with E-state index in [2.05, 4.69) is 0 Å². The van der Waals surface area contributed by atoms with Gasteiger partial charge in [-0.25, -0.2) is 4.79 Å². The van der Waals surface area contributed by atoms with Crippen LogP contribution >= 0.6 is 11.6 Å². The van der Waals surface area contributed by atoms with Crippen molar-refractivity contribution >= 4 is 28.9 Å². The summed E-state index contributed by atoms with van der Waals surface area (Å²) in [5.41, 5.74) is 2.29. The molecule has 0 saturated carbocycles. The summed E-state index contributed by atoms with van der Waals surface area (Å²) in [6.45, 7) is 0.205. The first-order valence-electron chi connectivity index (χ1n) is 5.55. The van der Waals surface area contributed by atoms with Crippen molar-refractivity contribution in [2.45, 2.75) is 0 Å². The molecule has 0 fully saturated rings. The molecule has 1 aliphatic rings. The average molecular weight is 260 g/mol. The van der Waals surface area contributed by atoms with Crippen LogP contribution in [0.1, 0.15) is 10.4 Å². The molecule has 0 N–H and O–H groups in total. The second kappa shape index (κ2) is 4.35. The number of halogens is 1. The highest BCUT2D eigenvalue weighted by molar-refractivity contribution is 6.31. The van der Waals surface area contributed by atoms with Crippen molar-refractivity contribution in [1.82, 2.24) is 0 Å². The van der Waals surface area contributed by atoms with Gasteiger partial charge in [-0.05, 0) is 30.3 Å². The fourth-order valence-electron chi connectivity index (χ4n) is 1.99. The van der Waals surface area contributed by atoms with Crippen LogP contribution in [0.5, 0.6) is 0 Å². The summed E-state index contributed by atoms with van der Waals surface area (Å²) < 4.78 is 5.16. The zero-order valence-corrected chi connectivity index (χ0v) is 10.2. The average Bonchev–Trinajstić information content (AvgIpc) is 2.40. The lowest BCUT2D eigenvalue weighted by Gasteiger charge is -2.30. The van der Waals surface area contributed by atoms with E-state index >= 15 is 0 Å². The van der Waals surface area contributed by atoms with Crippen LogP contribution in [-0.4, -0.2) is 12.7 Å². The zero-order valence-electron chi connectivity index (χ0n) is 9.47. The highest BCUT2D eigenvalue weighted by Crippen LogP contribution is 2.34. The van der Waals surface area contributed by atoms with Crippen LogP contribution in [0, 0.1) is 0 Å². The summed E-state index contributed by atoms with van der Waals surface area (Å²) in [5, 5.41) is 0.601. The van der Waals surface area contributed by atoms with E-state index < -0.39 is 0 Å². The molecule has 2 aromatic carbocycles. The molecule has 1 heterocycles. The van der Waals surface area contributed by atoms with E-state index in [1.54, 1.807) is 18.2 Å². The summed E-state index contributed by atoms with van der Waals surface area (Å²) in [6.07, 6.45) is 0. The van der Waals surface area contributed by atoms with Gasteiger partial charge in [-0.15, -0.1) is 0 Å². The number of cyclic esters (lactones) is 1. The van der Waals surface area contributed by atoms with Crippen LogP contribution in [0.25, 0.3) is 0 Å². The third kappa shape index (κ3) is 1.83. The Bertz CT molecular complexity index is 598. The van der Waals surface area contributed by atoms with Gasteiger partial charge in [0, 0.05) is 10.7 Å². The number of fused-ring (bicyclic) bond motifs is 1. The fraction of sp³-hybridized carbons (Fsp3) is 0.0714. The van der Waals surface area contributed by atoms with Crippen molar-refractivity contribution in [3.8, 4) is 0 Å². The maximum Gasteiger partial charge on any atom is 0.342 e. The lowest BCUT2D eigenvalue weighted by molar-refractivity contribution is 0.0494. The van der Waals surface area contributed by atoms with Gasteiger partial charge in [-0.3, -0.25) is 0 Å². The Hall–Kier alpha value is -2.00. The van der Waals surface area contributed by atoms with Crippen LogP contribution in [-0.2, 0) is 4.74 Å². The van der Waals surface area contributed by atoms with Crippen LogP contribution in [0.4, 0.5) is 11.4 Å². The molecule has 0 aliphatic carbocycles. The van der Waals surface area contributed by atoms with Gasteiger partial charge in [0.2, 0.25) is 0 Å². The van der Waals surface area contributed by atoms with Gasteiger partial charge in [-0.2, -0.15) is 0 Å². The smallest absolute Gasteiger partial charge is 0.342 e. The molecular weight excluding hydrogens is 250 g/mol. The number of carbonyl (C=O) groups excluding carboxylic acids is 1. The monoisotopic (exact) mass is 259 g/mol. The topological polar surface area (TPSA) is 29.5 Å². The number of carbonyl (C=O) groups is 1. The van der Waals surface area contributed by atoms with Gasteiger partial charge in [0.05, 0.1) is 11.3 Å². The highest BCUT2D eigenvalue weighted by atomic mass is 35.5. The predicted octanol–water partition coefficient (Wildman–Crippen LogP) is 3.61. The van der Waals surface area contributed by atoms with Crippen molar-refractivity contribution in [2.75, 3.05) is 11.6 Å². The minimum absolute atomic E-state index is 0.205. The Morgan fingerprint density at radius 3 is 2.67 bits per heavy atom. The van der Waals surface area contributed by atoms with E-state index in [0.717, 1.165) is 11.4 Å². The predicted molar refractivity (Wildman–Crippen MR) is 70.3 cm³/mol. The Morgan fingerprint density at radius 1 is 1.11 bits per heavy atom. The number of benzene rings is 2. The molecule has 90 valence electrons. The molecular formula is C14H10ClNO2. The van der Waals surface area contributed by atoms with E-state index in [-0.39, 0.29) is 12.7 Å². The molecule has 1 aliphatic heterocycles. The molecule has 0 bridgehead atoms. The Kier molecular flexibility index (Phi) is 2.68. The second-order valence-electron chi connectivity index (χ2n) is 3.99. The van der Waals surface area contributed by atoms with Gasteiger partial charge in [0.1, 0.15) is 0 Å². The van der Waals surface area contributed by atoms with Gasteiger partial charge >= 0.3 is 5.97 Å². The number of esters is 1. The summed E-state index contributed by atoms with van der Waals surface area (Å²) in [4.78, 5) is 13.6. The molecule has 4 heteroatoms. The van der Waals surface area contributed by atoms with E-state index in [1.807, 2.05) is 35.2 Å². The number of hydrogen-bond donors (Lipinski definition) is 0. The summed E-state index contributed by atoms with van der Waals surface area (Å²) >= 11 is 6.00. The number of hydrogen-bond acceptors (Lipinski definition) is 3. The molecule has 0 radical (unpaired) electrons. The molecule has 0 aromatic heterocycles. The first-order valence-corrected chi connectivity index (χ1v) is 5.93. The minimum atomic E-state index is -0.311. The van der Waals surface area contributed by atoms with Crippen LogP contribution < -0.4 is 4.90 Å². The van der Waals surface area contributed by atoms with E-state index in [1.165, 1.54) is 0 Å². The zero-order chi connectivity index (χ0) is 12.5. The first-order chi connectivity index (χ1) is 8.75. The number of para-hydroxylation sites is 1. The Labute approximate surface area is 110 Å². The summed E-state index contributed by atoms with van der Waals surface area (Å²) in [7, 11) is 0. The van der Waals surface area contributed by atoms with Crippen LogP contribution in [0.3, 0.4) is 0 Å². The van der Waals surface area contributed by atoms with Crippen molar-refractivity contribution < 1.29 is 9.53 Å². The third-order valence-corrected chi connectivity index (χ3v) is 3.10. The van der Waals surface area contributed by atoms with Gasteiger partial charge in [0.25, 0.3) is 0 Å². The largest absolute Gasteiger partial charge is 0.440 e. The SMILES string of the molecule is O=C1OCN(c2ccccc2)c2cc(Cl)ccc21. The highest BCUT2D eigenvalue weighted by Gasteiger charge is 2.25. The molecule has 18 heavy (non-hydrogen) atoms. The van der Waals surface area contributed by atoms with E-state index in [9.17, 15) is 4.79 Å². The third-order valence-electron chi connectivity index (χ3n) is 2.86. The van der Waals surface area contributed by atoms with Crippen molar-refractivity contribution in [3.05, 3.63) is 59.1 Å². The van der Waals surface area contributed by atoms with Crippen molar-refractivity contribution in [2.24, 2.45) is 0 Å². The molecule has 0 atom stereocenters. The first kappa shape index (κ1) is 11.1. The van der Waals surface area contributed by atoms with E-state index in [4.69, 9.17) is 16.3 Å². The van der Waals surface area contributed by atoms with Crippen LogP contribution in [0.15, 0.2) is 48.5 Å². The molecule has 0 unspecified atom stereocenters. The Morgan fingerprint density at radius 2 is 1.89 bits per heavy atom. The molecule has 0 amide bonds. The van der Waals surface area contributed by atoms with Crippen LogP contribution in [0.2, 0.25) is 5.02 Å². The van der Waals surface area contributed by atoms with Gasteiger partial charge in [0.15, 0.2) is 6.73 Å². The fourth-order valence-corrected chi connectivity index (χ4v) is 2.16. The molecule has 3 rings (SSSR count). The number of nitrogens with zero attached hydrogens (tertiary/aromatic N) is 1. The number of rotatable bonds is 1. The van der Waals surface area contributed by atoms with E-state index in [0.29, 0.717) is 10.6 Å². The number of ether oxygens (including phenoxy) is 1. The normalized spacial score (nSPS) is 14.1. The van der Waals surface area contributed by atoms with Gasteiger partial charge in [-0.1, -0.05) is 29.8 Å². The number of anilines is 2. The molecule has 0 spiro atoms. The summed E-state index contributed by atoms with van der Waals surface area (Å²) in [5.74, 6) is -0.311. The minimum Gasteiger partial charge on any atom is -0.440 e. The quantitative estimate of drug-likeness (QED) is 0.733. The molecule has 0 saturated heterocycles. The summed E-state index contributed by atoms with van der Waals surface area (Å²) in [6, 6.07) is 14.9. The standard InChI is InChI=1S/C14H10ClNO2/c15-10-6-7-12-13(8-10)16(9-18-14(12)17)11-4-2-1-3-5-11/h1-8H,9H2. The Balaban J connectivity index is 2.13. The maximum atomic E-state index is 11.7. The lowest BCUT2D eigenvalue weighted by Crippen LogP contribution is -2.30. The maximum absolute atomic E-state index is 11.7. The van der Waals surface area contributed by atoms with Gasteiger partial charge < -0.3 is 9.64 Å². The van der Waals surface area contributed by atoms with Crippen molar-refractivity contribution in [1.29, 1.82) is 0 Å². The molecule has 2 aromatic rings. The molecule has 3 nitrogen and oxygen atoms in total.